The van der Waals surface area contributed by atoms with Gasteiger partial charge in [0.1, 0.15) is 0 Å². The van der Waals surface area contributed by atoms with Gasteiger partial charge < -0.3 is 0 Å². The van der Waals surface area contributed by atoms with Gasteiger partial charge in [-0.05, 0) is 11.6 Å². The molecule has 1 heterocycles. The Labute approximate surface area is 108 Å². The second kappa shape index (κ2) is 4.64. The first-order valence-electron chi connectivity index (χ1n) is 4.65. The highest BCUT2D eigenvalue weighted by Crippen LogP contribution is 2.32. The molecule has 6 heteroatoms. The van der Waals surface area contributed by atoms with E-state index < -0.39 is 9.05 Å². The van der Waals surface area contributed by atoms with Crippen LogP contribution in [0.15, 0.2) is 47.6 Å². The number of hydrogen-bond donors (Lipinski definition) is 0. The van der Waals surface area contributed by atoms with E-state index in [2.05, 4.69) is 4.98 Å². The van der Waals surface area contributed by atoms with E-state index in [4.69, 9.17) is 22.3 Å². The Bertz CT molecular complexity index is 642. The van der Waals surface area contributed by atoms with Crippen molar-refractivity contribution in [1.82, 2.24) is 4.98 Å². The summed E-state index contributed by atoms with van der Waals surface area (Å²) in [6.45, 7) is 0. The van der Waals surface area contributed by atoms with Crippen molar-refractivity contribution >= 4 is 31.3 Å². The van der Waals surface area contributed by atoms with Gasteiger partial charge in [-0.15, -0.1) is 0 Å². The molecule has 0 spiro atoms. The quantitative estimate of drug-likeness (QED) is 0.796. The van der Waals surface area contributed by atoms with Crippen LogP contribution in [0.25, 0.3) is 11.1 Å². The minimum Gasteiger partial charge on any atom is -0.242 e. The smallest absolute Gasteiger partial charge is 0.242 e. The first-order chi connectivity index (χ1) is 8.00. The average molecular weight is 288 g/mol. The van der Waals surface area contributed by atoms with Crippen molar-refractivity contribution in [2.24, 2.45) is 0 Å². The molecule has 1 aromatic heterocycles. The van der Waals surface area contributed by atoms with E-state index in [9.17, 15) is 8.42 Å². The Morgan fingerprint density at radius 1 is 1.06 bits per heavy atom. The summed E-state index contributed by atoms with van der Waals surface area (Å²) in [6.07, 6.45) is 1.36. The van der Waals surface area contributed by atoms with Crippen molar-refractivity contribution in [3.05, 3.63) is 47.6 Å². The van der Waals surface area contributed by atoms with Crippen molar-refractivity contribution in [3.63, 3.8) is 0 Å². The highest BCUT2D eigenvalue weighted by molar-refractivity contribution is 8.13. The van der Waals surface area contributed by atoms with Crippen molar-refractivity contribution < 1.29 is 8.42 Å². The Morgan fingerprint density at radius 3 is 2.29 bits per heavy atom. The molecule has 17 heavy (non-hydrogen) atoms. The minimum atomic E-state index is -3.93. The van der Waals surface area contributed by atoms with E-state index >= 15 is 0 Å². The van der Waals surface area contributed by atoms with Crippen LogP contribution in [0.4, 0.5) is 0 Å². The van der Waals surface area contributed by atoms with Gasteiger partial charge in [0.05, 0.1) is 5.02 Å². The summed E-state index contributed by atoms with van der Waals surface area (Å²) in [5, 5.41) is -0.282. The zero-order chi connectivity index (χ0) is 12.5. The zero-order valence-corrected chi connectivity index (χ0v) is 10.8. The van der Waals surface area contributed by atoms with E-state index in [1.165, 1.54) is 6.20 Å². The molecular weight excluding hydrogens is 281 g/mol. The van der Waals surface area contributed by atoms with Gasteiger partial charge in [-0.2, -0.15) is 0 Å². The molecule has 2 aromatic rings. The van der Waals surface area contributed by atoms with Crippen LogP contribution in [0.2, 0.25) is 5.02 Å². The molecule has 88 valence electrons. The number of rotatable bonds is 2. The van der Waals surface area contributed by atoms with Crippen molar-refractivity contribution in [2.45, 2.75) is 5.03 Å². The monoisotopic (exact) mass is 287 g/mol. The topological polar surface area (TPSA) is 47.0 Å². The Hall–Kier alpha value is -1.10. The summed E-state index contributed by atoms with van der Waals surface area (Å²) in [6, 6.07) is 10.8. The molecule has 0 fully saturated rings. The van der Waals surface area contributed by atoms with E-state index in [-0.39, 0.29) is 10.0 Å². The maximum absolute atomic E-state index is 11.3. The van der Waals surface area contributed by atoms with Crippen molar-refractivity contribution in [1.29, 1.82) is 0 Å². The fourth-order valence-electron chi connectivity index (χ4n) is 1.44. The fourth-order valence-corrected chi connectivity index (χ4v) is 2.94. The number of pyridine rings is 1. The Kier molecular flexibility index (Phi) is 3.38. The van der Waals surface area contributed by atoms with Crippen LogP contribution in [0.1, 0.15) is 0 Å². The average Bonchev–Trinajstić information content (AvgIpc) is 2.29. The van der Waals surface area contributed by atoms with Crippen LogP contribution >= 0.6 is 22.3 Å². The van der Waals surface area contributed by atoms with E-state index in [1.54, 1.807) is 6.07 Å². The van der Waals surface area contributed by atoms with Gasteiger partial charge in [-0.1, -0.05) is 41.9 Å². The molecule has 0 aliphatic carbocycles. The molecule has 3 nitrogen and oxygen atoms in total. The molecule has 0 radical (unpaired) electrons. The summed E-state index contributed by atoms with van der Waals surface area (Å²) in [7, 11) is 1.31. The van der Waals surface area contributed by atoms with Crippen LogP contribution in [-0.4, -0.2) is 13.4 Å². The number of benzene rings is 1. The standard InChI is InChI=1S/C11H7Cl2NO2S/c12-10-9(8-4-2-1-3-5-8)6-7-14-11(10)17(13,15)16/h1-7H. The van der Waals surface area contributed by atoms with Crippen LogP contribution in [0.5, 0.6) is 0 Å². The molecule has 0 unspecified atom stereocenters. The number of aromatic nitrogens is 1. The lowest BCUT2D eigenvalue weighted by Gasteiger charge is -2.06. The van der Waals surface area contributed by atoms with Crippen LogP contribution in [-0.2, 0) is 9.05 Å². The maximum atomic E-state index is 11.3. The third-order valence-corrected chi connectivity index (χ3v) is 3.88. The largest absolute Gasteiger partial charge is 0.280 e. The highest BCUT2D eigenvalue weighted by Gasteiger charge is 2.19. The minimum absolute atomic E-state index is 0.0358. The van der Waals surface area contributed by atoms with Crippen LogP contribution in [0.3, 0.4) is 0 Å². The molecule has 0 atom stereocenters. The molecule has 1 aromatic carbocycles. The molecule has 0 aliphatic heterocycles. The molecule has 0 N–H and O–H groups in total. The highest BCUT2D eigenvalue weighted by atomic mass is 35.7. The van der Waals surface area contributed by atoms with Crippen molar-refractivity contribution in [2.75, 3.05) is 0 Å². The number of nitrogens with zero attached hydrogens (tertiary/aromatic N) is 1. The second-order valence-electron chi connectivity index (χ2n) is 3.28. The molecule has 0 saturated carbocycles. The molecule has 0 bridgehead atoms. The van der Waals surface area contributed by atoms with Crippen LogP contribution in [0, 0.1) is 0 Å². The summed E-state index contributed by atoms with van der Waals surface area (Å²) >= 11 is 6.00. The van der Waals surface area contributed by atoms with Gasteiger partial charge in [0.15, 0.2) is 5.03 Å². The first-order valence-corrected chi connectivity index (χ1v) is 7.33. The fraction of sp³-hybridized carbons (Fsp3) is 0. The Morgan fingerprint density at radius 2 is 1.71 bits per heavy atom. The maximum Gasteiger partial charge on any atom is 0.280 e. The van der Waals surface area contributed by atoms with E-state index in [0.29, 0.717) is 5.56 Å². The molecular formula is C11H7Cl2NO2S. The van der Waals surface area contributed by atoms with Crippen molar-refractivity contribution in [3.8, 4) is 11.1 Å². The summed E-state index contributed by atoms with van der Waals surface area (Å²) in [4.78, 5) is 3.68. The van der Waals surface area contributed by atoms with Gasteiger partial charge >= 0.3 is 0 Å². The van der Waals surface area contributed by atoms with Gasteiger partial charge in [-0.25, -0.2) is 13.4 Å². The number of halogens is 2. The predicted octanol–water partition coefficient (Wildman–Crippen LogP) is 3.33. The lowest BCUT2D eigenvalue weighted by Crippen LogP contribution is -1.97. The Balaban J connectivity index is 2.67. The summed E-state index contributed by atoms with van der Waals surface area (Å²) in [5.74, 6) is 0. The lowest BCUT2D eigenvalue weighted by molar-refractivity contribution is 0.606. The van der Waals surface area contributed by atoms with E-state index in [1.807, 2.05) is 30.3 Å². The number of hydrogen-bond acceptors (Lipinski definition) is 3. The molecule has 0 aliphatic rings. The van der Waals surface area contributed by atoms with Gasteiger partial charge in [-0.3, -0.25) is 0 Å². The SMILES string of the molecule is O=S(=O)(Cl)c1nccc(-c2ccccc2)c1Cl. The van der Waals surface area contributed by atoms with Gasteiger partial charge in [0.25, 0.3) is 9.05 Å². The predicted molar refractivity (Wildman–Crippen MR) is 67.7 cm³/mol. The normalized spacial score (nSPS) is 11.4. The summed E-state index contributed by atoms with van der Waals surface area (Å²) < 4.78 is 22.5. The first kappa shape index (κ1) is 12.4. The second-order valence-corrected chi connectivity index (χ2v) is 6.14. The lowest BCUT2D eigenvalue weighted by atomic mass is 10.1. The third-order valence-electron chi connectivity index (χ3n) is 2.17. The van der Waals surface area contributed by atoms with Gasteiger partial charge in [0.2, 0.25) is 0 Å². The van der Waals surface area contributed by atoms with Crippen LogP contribution < -0.4 is 0 Å². The molecule has 2 rings (SSSR count). The van der Waals surface area contributed by atoms with Gasteiger partial charge in [0, 0.05) is 22.4 Å². The summed E-state index contributed by atoms with van der Waals surface area (Å²) in [5.41, 5.74) is 1.39. The third kappa shape index (κ3) is 2.60. The molecule has 0 amide bonds. The molecule has 0 saturated heterocycles. The van der Waals surface area contributed by atoms with E-state index in [0.717, 1.165) is 5.56 Å². The zero-order valence-electron chi connectivity index (χ0n) is 8.47.